The third-order valence-electron chi connectivity index (χ3n) is 3.01. The van der Waals surface area contributed by atoms with E-state index < -0.39 is 10.0 Å². The molecule has 0 radical (unpaired) electrons. The van der Waals surface area contributed by atoms with Crippen molar-refractivity contribution in [2.45, 2.75) is 39.2 Å². The maximum Gasteiger partial charge on any atom is 0.209 e. The van der Waals surface area contributed by atoms with Crippen LogP contribution in [0.15, 0.2) is 24.3 Å². The number of nitrogens with one attached hydrogen (secondary N) is 1. The Kier molecular flexibility index (Phi) is 4.71. The van der Waals surface area contributed by atoms with E-state index in [1.165, 1.54) is 11.8 Å². The SMILES string of the molecule is CCC(C)c1ccc(C(C)NS(C)(=O)=O)cc1. The van der Waals surface area contributed by atoms with Gasteiger partial charge in [0.25, 0.3) is 0 Å². The Morgan fingerprint density at radius 2 is 1.59 bits per heavy atom. The van der Waals surface area contributed by atoms with Gasteiger partial charge in [0.2, 0.25) is 10.0 Å². The molecule has 0 bridgehead atoms. The van der Waals surface area contributed by atoms with Crippen molar-refractivity contribution >= 4 is 10.0 Å². The Bertz CT molecular complexity index is 451. The van der Waals surface area contributed by atoms with Crippen LogP contribution >= 0.6 is 0 Å². The molecule has 1 rings (SSSR count). The van der Waals surface area contributed by atoms with Crippen molar-refractivity contribution in [2.24, 2.45) is 0 Å². The van der Waals surface area contributed by atoms with Gasteiger partial charge in [0.1, 0.15) is 0 Å². The van der Waals surface area contributed by atoms with Gasteiger partial charge in [0.15, 0.2) is 0 Å². The van der Waals surface area contributed by atoms with Gasteiger partial charge < -0.3 is 0 Å². The van der Waals surface area contributed by atoms with Gasteiger partial charge in [-0.05, 0) is 30.4 Å². The molecule has 0 spiro atoms. The summed E-state index contributed by atoms with van der Waals surface area (Å²) in [4.78, 5) is 0. The Labute approximate surface area is 104 Å². The lowest BCUT2D eigenvalue weighted by Gasteiger charge is -2.14. The van der Waals surface area contributed by atoms with Crippen LogP contribution in [0.5, 0.6) is 0 Å². The third-order valence-corrected chi connectivity index (χ3v) is 3.79. The molecule has 1 aromatic rings. The van der Waals surface area contributed by atoms with Crippen molar-refractivity contribution in [2.75, 3.05) is 6.26 Å². The maximum atomic E-state index is 11.1. The second kappa shape index (κ2) is 5.65. The van der Waals surface area contributed by atoms with Gasteiger partial charge in [0.05, 0.1) is 6.26 Å². The molecule has 0 saturated heterocycles. The average Bonchev–Trinajstić information content (AvgIpc) is 2.26. The summed E-state index contributed by atoms with van der Waals surface area (Å²) in [6.45, 7) is 6.19. The minimum Gasteiger partial charge on any atom is -0.213 e. The van der Waals surface area contributed by atoms with Crippen molar-refractivity contribution in [1.82, 2.24) is 4.72 Å². The lowest BCUT2D eigenvalue weighted by molar-refractivity contribution is 0.573. The fourth-order valence-electron chi connectivity index (χ4n) is 1.74. The van der Waals surface area contributed by atoms with Crippen LogP contribution in [0.25, 0.3) is 0 Å². The molecule has 0 amide bonds. The first kappa shape index (κ1) is 14.2. The fraction of sp³-hybridized carbons (Fsp3) is 0.538. The molecule has 0 saturated carbocycles. The summed E-state index contributed by atoms with van der Waals surface area (Å²) < 4.78 is 24.8. The highest BCUT2D eigenvalue weighted by molar-refractivity contribution is 7.88. The summed E-state index contributed by atoms with van der Waals surface area (Å²) in [7, 11) is -3.15. The van der Waals surface area contributed by atoms with Crippen LogP contribution in [0.2, 0.25) is 0 Å². The van der Waals surface area contributed by atoms with Gasteiger partial charge >= 0.3 is 0 Å². The molecule has 0 heterocycles. The largest absolute Gasteiger partial charge is 0.213 e. The first-order chi connectivity index (χ1) is 7.83. The average molecular weight is 255 g/mol. The molecule has 0 fully saturated rings. The van der Waals surface area contributed by atoms with Crippen LogP contribution in [0, 0.1) is 0 Å². The second-order valence-corrected chi connectivity index (χ2v) is 6.37. The second-order valence-electron chi connectivity index (χ2n) is 4.59. The van der Waals surface area contributed by atoms with E-state index in [0.717, 1.165) is 12.0 Å². The highest BCUT2D eigenvalue weighted by atomic mass is 32.2. The molecular formula is C13H21NO2S. The standard InChI is InChI=1S/C13H21NO2S/c1-5-10(2)12-6-8-13(9-7-12)11(3)14-17(4,15)16/h6-11,14H,5H2,1-4H3. The topological polar surface area (TPSA) is 46.2 Å². The summed E-state index contributed by atoms with van der Waals surface area (Å²) in [6, 6.07) is 7.94. The predicted molar refractivity (Wildman–Crippen MR) is 71.5 cm³/mol. The van der Waals surface area contributed by atoms with E-state index in [1.54, 1.807) is 0 Å². The van der Waals surface area contributed by atoms with Crippen LogP contribution in [0.3, 0.4) is 0 Å². The Morgan fingerprint density at radius 1 is 1.12 bits per heavy atom. The molecule has 2 unspecified atom stereocenters. The summed E-state index contributed by atoms with van der Waals surface area (Å²) in [5.74, 6) is 0.544. The fourth-order valence-corrected chi connectivity index (χ4v) is 2.52. The van der Waals surface area contributed by atoms with Gasteiger partial charge in [-0.2, -0.15) is 0 Å². The van der Waals surface area contributed by atoms with Crippen molar-refractivity contribution in [3.05, 3.63) is 35.4 Å². The van der Waals surface area contributed by atoms with E-state index in [1.807, 2.05) is 19.1 Å². The third kappa shape index (κ3) is 4.48. The Balaban J connectivity index is 2.80. The lowest BCUT2D eigenvalue weighted by Crippen LogP contribution is -2.25. The highest BCUT2D eigenvalue weighted by Gasteiger charge is 2.11. The van der Waals surface area contributed by atoms with Crippen molar-refractivity contribution in [3.63, 3.8) is 0 Å². The highest BCUT2D eigenvalue weighted by Crippen LogP contribution is 2.21. The number of hydrogen-bond donors (Lipinski definition) is 1. The van der Waals surface area contributed by atoms with E-state index >= 15 is 0 Å². The molecule has 0 aromatic heterocycles. The molecule has 0 aliphatic rings. The quantitative estimate of drug-likeness (QED) is 0.879. The summed E-state index contributed by atoms with van der Waals surface area (Å²) in [5, 5.41) is 0. The van der Waals surface area contributed by atoms with E-state index in [0.29, 0.717) is 5.92 Å². The monoisotopic (exact) mass is 255 g/mol. The first-order valence-electron chi connectivity index (χ1n) is 5.90. The molecule has 0 aliphatic heterocycles. The molecule has 0 aliphatic carbocycles. The van der Waals surface area contributed by atoms with Crippen molar-refractivity contribution in [3.8, 4) is 0 Å². The predicted octanol–water partition coefficient (Wildman–Crippen LogP) is 2.81. The minimum absolute atomic E-state index is 0.184. The Hall–Kier alpha value is -0.870. The zero-order valence-electron chi connectivity index (χ0n) is 10.9. The van der Waals surface area contributed by atoms with E-state index in [9.17, 15) is 8.42 Å². The molecule has 2 atom stereocenters. The number of sulfonamides is 1. The minimum atomic E-state index is -3.15. The van der Waals surface area contributed by atoms with Gasteiger partial charge in [-0.1, -0.05) is 38.1 Å². The molecule has 96 valence electrons. The zero-order valence-corrected chi connectivity index (χ0v) is 11.7. The molecule has 17 heavy (non-hydrogen) atoms. The normalized spacial score (nSPS) is 15.5. The zero-order chi connectivity index (χ0) is 13.1. The Morgan fingerprint density at radius 3 is 2.00 bits per heavy atom. The first-order valence-corrected chi connectivity index (χ1v) is 7.79. The van der Waals surface area contributed by atoms with Crippen LogP contribution in [0.1, 0.15) is 50.3 Å². The van der Waals surface area contributed by atoms with Crippen molar-refractivity contribution in [1.29, 1.82) is 0 Å². The van der Waals surface area contributed by atoms with Gasteiger partial charge in [-0.15, -0.1) is 0 Å². The number of hydrogen-bond acceptors (Lipinski definition) is 2. The van der Waals surface area contributed by atoms with Crippen LogP contribution in [-0.2, 0) is 10.0 Å². The van der Waals surface area contributed by atoms with E-state index in [2.05, 4.69) is 30.7 Å². The maximum absolute atomic E-state index is 11.1. The summed E-state index contributed by atoms with van der Waals surface area (Å²) in [6.07, 6.45) is 2.29. The lowest BCUT2D eigenvalue weighted by atomic mass is 9.96. The number of rotatable bonds is 5. The molecule has 1 aromatic carbocycles. The van der Waals surface area contributed by atoms with E-state index in [-0.39, 0.29) is 6.04 Å². The van der Waals surface area contributed by atoms with Crippen molar-refractivity contribution < 1.29 is 8.42 Å². The van der Waals surface area contributed by atoms with Gasteiger partial charge in [0, 0.05) is 6.04 Å². The molecule has 3 nitrogen and oxygen atoms in total. The van der Waals surface area contributed by atoms with Crippen LogP contribution in [0.4, 0.5) is 0 Å². The van der Waals surface area contributed by atoms with Gasteiger partial charge in [-0.3, -0.25) is 0 Å². The smallest absolute Gasteiger partial charge is 0.209 e. The van der Waals surface area contributed by atoms with E-state index in [4.69, 9.17) is 0 Å². The summed E-state index contributed by atoms with van der Waals surface area (Å²) in [5.41, 5.74) is 2.28. The number of benzene rings is 1. The van der Waals surface area contributed by atoms with Crippen LogP contribution in [-0.4, -0.2) is 14.7 Å². The van der Waals surface area contributed by atoms with Gasteiger partial charge in [-0.25, -0.2) is 13.1 Å². The molecule has 4 heteroatoms. The van der Waals surface area contributed by atoms with Crippen LogP contribution < -0.4 is 4.72 Å². The molecule has 1 N–H and O–H groups in total. The molecular weight excluding hydrogens is 234 g/mol. The summed E-state index contributed by atoms with van der Waals surface area (Å²) >= 11 is 0.